The average Bonchev–Trinajstić information content (AvgIpc) is 2.63. The van der Waals surface area contributed by atoms with Crippen LogP contribution in [0, 0.1) is 5.82 Å². The third-order valence-corrected chi connectivity index (χ3v) is 2.60. The van der Waals surface area contributed by atoms with E-state index in [2.05, 4.69) is 5.10 Å². The highest BCUT2D eigenvalue weighted by Gasteiger charge is 2.09. The molecule has 16 heavy (non-hydrogen) atoms. The molecule has 84 valence electrons. The van der Waals surface area contributed by atoms with Crippen molar-refractivity contribution < 1.29 is 4.39 Å². The quantitative estimate of drug-likeness (QED) is 0.854. The summed E-state index contributed by atoms with van der Waals surface area (Å²) in [4.78, 5) is 0. The van der Waals surface area contributed by atoms with Crippen molar-refractivity contribution in [3.05, 3.63) is 42.0 Å². The molecule has 0 radical (unpaired) electrons. The van der Waals surface area contributed by atoms with Crippen molar-refractivity contribution >= 4 is 0 Å². The van der Waals surface area contributed by atoms with E-state index < -0.39 is 0 Å². The average molecular weight is 219 g/mol. The maximum absolute atomic E-state index is 12.8. The number of halogens is 1. The number of benzene rings is 1. The molecule has 1 aromatic carbocycles. The monoisotopic (exact) mass is 219 g/mol. The lowest BCUT2D eigenvalue weighted by Crippen LogP contribution is -2.08. The van der Waals surface area contributed by atoms with Crippen LogP contribution < -0.4 is 5.73 Å². The van der Waals surface area contributed by atoms with Gasteiger partial charge in [-0.25, -0.2) is 4.39 Å². The highest BCUT2D eigenvalue weighted by molar-refractivity contribution is 5.65. The van der Waals surface area contributed by atoms with Gasteiger partial charge in [-0.05, 0) is 24.2 Å². The van der Waals surface area contributed by atoms with Crippen LogP contribution in [0.2, 0.25) is 0 Å². The van der Waals surface area contributed by atoms with Gasteiger partial charge in [0, 0.05) is 24.7 Å². The van der Waals surface area contributed by atoms with E-state index in [0.29, 0.717) is 6.54 Å². The molecule has 0 saturated carbocycles. The highest BCUT2D eigenvalue weighted by atomic mass is 19.1. The zero-order chi connectivity index (χ0) is 11.5. The molecule has 0 bridgehead atoms. The number of nitrogens with zero attached hydrogens (tertiary/aromatic N) is 2. The van der Waals surface area contributed by atoms with Gasteiger partial charge in [-0.3, -0.25) is 4.68 Å². The summed E-state index contributed by atoms with van der Waals surface area (Å²) in [6.07, 6.45) is 2.56. The Morgan fingerprint density at radius 2 is 2.00 bits per heavy atom. The third-order valence-electron chi connectivity index (χ3n) is 2.60. The first-order chi connectivity index (χ1) is 7.72. The normalized spacial score (nSPS) is 10.7. The number of hydrogen-bond donors (Lipinski definition) is 1. The van der Waals surface area contributed by atoms with E-state index in [1.54, 1.807) is 18.3 Å². The van der Waals surface area contributed by atoms with E-state index in [1.807, 2.05) is 11.7 Å². The molecule has 0 fully saturated rings. The van der Waals surface area contributed by atoms with E-state index in [-0.39, 0.29) is 5.82 Å². The van der Waals surface area contributed by atoms with Gasteiger partial charge in [-0.2, -0.15) is 5.10 Å². The summed E-state index contributed by atoms with van der Waals surface area (Å²) in [6.45, 7) is 0.577. The smallest absolute Gasteiger partial charge is 0.123 e. The topological polar surface area (TPSA) is 43.8 Å². The van der Waals surface area contributed by atoms with Gasteiger partial charge in [0.2, 0.25) is 0 Å². The summed E-state index contributed by atoms with van der Waals surface area (Å²) in [5.74, 6) is -0.229. The zero-order valence-electron chi connectivity index (χ0n) is 9.15. The van der Waals surface area contributed by atoms with Gasteiger partial charge in [0.05, 0.1) is 6.20 Å². The zero-order valence-corrected chi connectivity index (χ0v) is 9.15. The molecule has 1 aromatic heterocycles. The van der Waals surface area contributed by atoms with Gasteiger partial charge < -0.3 is 5.73 Å². The fourth-order valence-electron chi connectivity index (χ4n) is 1.77. The molecule has 0 saturated heterocycles. The Balaban J connectivity index is 2.43. The molecule has 2 N–H and O–H groups in total. The first-order valence-electron chi connectivity index (χ1n) is 5.19. The van der Waals surface area contributed by atoms with Crippen LogP contribution in [-0.4, -0.2) is 16.3 Å². The second kappa shape index (κ2) is 4.45. The minimum atomic E-state index is -0.229. The largest absolute Gasteiger partial charge is 0.330 e. The van der Waals surface area contributed by atoms with Gasteiger partial charge in [-0.15, -0.1) is 0 Å². The number of hydrogen-bond acceptors (Lipinski definition) is 2. The fraction of sp³-hybridized carbons (Fsp3) is 0.250. The van der Waals surface area contributed by atoms with Crippen molar-refractivity contribution in [3.8, 4) is 11.1 Å². The standard InChI is InChI=1S/C12H14FN3/c1-16-12(6-7-14)11(8-15-16)9-2-4-10(13)5-3-9/h2-5,8H,6-7,14H2,1H3. The second-order valence-electron chi connectivity index (χ2n) is 3.67. The Kier molecular flexibility index (Phi) is 3.01. The number of aryl methyl sites for hydroxylation is 1. The summed E-state index contributed by atoms with van der Waals surface area (Å²) in [6, 6.07) is 6.42. The van der Waals surface area contributed by atoms with Gasteiger partial charge in [0.15, 0.2) is 0 Å². The van der Waals surface area contributed by atoms with Crippen LogP contribution in [0.5, 0.6) is 0 Å². The first kappa shape index (κ1) is 10.8. The van der Waals surface area contributed by atoms with Gasteiger partial charge in [-0.1, -0.05) is 12.1 Å². The molecular weight excluding hydrogens is 205 g/mol. The van der Waals surface area contributed by atoms with Crippen LogP contribution >= 0.6 is 0 Å². The minimum absolute atomic E-state index is 0.229. The minimum Gasteiger partial charge on any atom is -0.330 e. The molecule has 0 amide bonds. The van der Waals surface area contributed by atoms with Gasteiger partial charge >= 0.3 is 0 Å². The molecule has 0 atom stereocenters. The molecule has 4 heteroatoms. The van der Waals surface area contributed by atoms with Gasteiger partial charge in [0.1, 0.15) is 5.82 Å². The maximum Gasteiger partial charge on any atom is 0.123 e. The maximum atomic E-state index is 12.8. The van der Waals surface area contributed by atoms with E-state index in [9.17, 15) is 4.39 Å². The van der Waals surface area contributed by atoms with Crippen LogP contribution in [0.25, 0.3) is 11.1 Å². The Labute approximate surface area is 93.7 Å². The number of rotatable bonds is 3. The summed E-state index contributed by atoms with van der Waals surface area (Å²) in [5.41, 5.74) is 8.63. The van der Waals surface area contributed by atoms with Crippen LogP contribution in [0.15, 0.2) is 30.5 Å². The van der Waals surface area contributed by atoms with Crippen LogP contribution in [-0.2, 0) is 13.5 Å². The third kappa shape index (κ3) is 1.97. The lowest BCUT2D eigenvalue weighted by Gasteiger charge is -2.04. The summed E-state index contributed by atoms with van der Waals surface area (Å²) in [5, 5.41) is 4.20. The van der Waals surface area contributed by atoms with E-state index in [0.717, 1.165) is 23.2 Å². The summed E-state index contributed by atoms with van der Waals surface area (Å²) < 4.78 is 14.6. The number of nitrogens with two attached hydrogens (primary N) is 1. The van der Waals surface area contributed by atoms with Gasteiger partial charge in [0.25, 0.3) is 0 Å². The Bertz CT molecular complexity index is 474. The van der Waals surface area contributed by atoms with Crippen molar-refractivity contribution in [1.82, 2.24) is 9.78 Å². The molecule has 3 nitrogen and oxygen atoms in total. The lowest BCUT2D eigenvalue weighted by atomic mass is 10.0. The first-order valence-corrected chi connectivity index (χ1v) is 5.19. The fourth-order valence-corrected chi connectivity index (χ4v) is 1.77. The van der Waals surface area contributed by atoms with Crippen molar-refractivity contribution in [3.63, 3.8) is 0 Å². The molecule has 1 heterocycles. The lowest BCUT2D eigenvalue weighted by molar-refractivity contribution is 0.628. The molecule has 0 aliphatic carbocycles. The van der Waals surface area contributed by atoms with Crippen molar-refractivity contribution in [2.45, 2.75) is 6.42 Å². The van der Waals surface area contributed by atoms with E-state index in [4.69, 9.17) is 5.73 Å². The van der Waals surface area contributed by atoms with E-state index >= 15 is 0 Å². The predicted octanol–water partition coefficient (Wildman–Crippen LogP) is 1.73. The summed E-state index contributed by atoms with van der Waals surface area (Å²) in [7, 11) is 1.89. The van der Waals surface area contributed by atoms with Crippen molar-refractivity contribution in [2.75, 3.05) is 6.54 Å². The number of aromatic nitrogens is 2. The van der Waals surface area contributed by atoms with Crippen LogP contribution in [0.1, 0.15) is 5.69 Å². The van der Waals surface area contributed by atoms with E-state index in [1.165, 1.54) is 12.1 Å². The second-order valence-corrected chi connectivity index (χ2v) is 3.67. The van der Waals surface area contributed by atoms with Crippen molar-refractivity contribution in [2.24, 2.45) is 12.8 Å². The molecule has 0 unspecified atom stereocenters. The predicted molar refractivity (Wildman–Crippen MR) is 61.4 cm³/mol. The molecule has 0 spiro atoms. The van der Waals surface area contributed by atoms with Crippen LogP contribution in [0.3, 0.4) is 0 Å². The summed E-state index contributed by atoms with van der Waals surface area (Å²) >= 11 is 0. The Morgan fingerprint density at radius 1 is 1.31 bits per heavy atom. The van der Waals surface area contributed by atoms with Crippen molar-refractivity contribution in [1.29, 1.82) is 0 Å². The molecule has 0 aliphatic heterocycles. The Hall–Kier alpha value is -1.68. The van der Waals surface area contributed by atoms with Crippen LogP contribution in [0.4, 0.5) is 4.39 Å². The Morgan fingerprint density at radius 3 is 2.62 bits per heavy atom. The molecule has 2 rings (SSSR count). The molecule has 2 aromatic rings. The highest BCUT2D eigenvalue weighted by Crippen LogP contribution is 2.23. The SMILES string of the molecule is Cn1ncc(-c2ccc(F)cc2)c1CCN. The molecular formula is C12H14FN3. The molecule has 0 aliphatic rings.